The third kappa shape index (κ3) is 7.33. The molecule has 0 atom stereocenters. The van der Waals surface area contributed by atoms with Gasteiger partial charge in [0.2, 0.25) is 6.41 Å². The standard InChI is InChI=1S/C20H25FN4O3.C6H9F2NO/c1-2-24-19(27)17(16(26)13-23-10-4-3-5-11-23)18(22)25(20(24)28)12-14-6-8-15(21)9-7-14;7-6(8)1-3-9(5-10)4-2-6/h6-9H,2-5,10-13,22H2,1H3;5H,1-4H2. The molecule has 2 aromatic rings. The van der Waals surface area contributed by atoms with Crippen molar-refractivity contribution in [3.63, 3.8) is 0 Å². The highest BCUT2D eigenvalue weighted by Crippen LogP contribution is 2.26. The van der Waals surface area contributed by atoms with Crippen LogP contribution in [0.15, 0.2) is 33.9 Å². The lowest BCUT2D eigenvalue weighted by molar-refractivity contribution is -0.124. The molecule has 0 aliphatic carbocycles. The Balaban J connectivity index is 0.000000336. The van der Waals surface area contributed by atoms with Crippen molar-refractivity contribution in [2.24, 2.45) is 0 Å². The fourth-order valence-corrected chi connectivity index (χ4v) is 4.54. The molecule has 2 aliphatic rings. The molecular formula is C26H34F3N5O4. The van der Waals surface area contributed by atoms with Crippen molar-refractivity contribution in [1.29, 1.82) is 0 Å². The quantitative estimate of drug-likeness (QED) is 0.429. The van der Waals surface area contributed by atoms with E-state index >= 15 is 0 Å². The molecule has 2 N–H and O–H groups in total. The Kier molecular flexibility index (Phi) is 9.90. The van der Waals surface area contributed by atoms with Crippen LogP contribution in [0, 0.1) is 5.82 Å². The van der Waals surface area contributed by atoms with E-state index in [1.807, 2.05) is 4.90 Å². The van der Waals surface area contributed by atoms with E-state index in [4.69, 9.17) is 5.73 Å². The number of anilines is 1. The first-order valence-corrected chi connectivity index (χ1v) is 12.8. The number of hydrogen-bond donors (Lipinski definition) is 1. The molecule has 3 heterocycles. The number of carbonyl (C=O) groups is 2. The van der Waals surface area contributed by atoms with E-state index in [1.165, 1.54) is 33.7 Å². The largest absolute Gasteiger partial charge is 0.384 e. The zero-order chi connectivity index (χ0) is 27.9. The first-order valence-electron chi connectivity index (χ1n) is 12.8. The number of piperidine rings is 2. The van der Waals surface area contributed by atoms with Gasteiger partial charge in [-0.2, -0.15) is 0 Å². The third-order valence-corrected chi connectivity index (χ3v) is 6.81. The minimum Gasteiger partial charge on any atom is -0.384 e. The zero-order valence-electron chi connectivity index (χ0n) is 21.5. The van der Waals surface area contributed by atoms with Crippen LogP contribution in [-0.4, -0.2) is 69.8 Å². The lowest BCUT2D eigenvalue weighted by atomic mass is 10.1. The van der Waals surface area contributed by atoms with Crippen LogP contribution in [0.1, 0.15) is 54.9 Å². The lowest BCUT2D eigenvalue weighted by Crippen LogP contribution is -2.45. The number of carbonyl (C=O) groups excluding carboxylic acids is 2. The Morgan fingerprint density at radius 3 is 2.16 bits per heavy atom. The second-order valence-electron chi connectivity index (χ2n) is 9.56. The van der Waals surface area contributed by atoms with E-state index < -0.39 is 17.2 Å². The summed E-state index contributed by atoms with van der Waals surface area (Å²) in [6.07, 6.45) is 3.42. The second-order valence-corrected chi connectivity index (χ2v) is 9.56. The molecule has 208 valence electrons. The maximum Gasteiger partial charge on any atom is 0.332 e. The average molecular weight is 538 g/mol. The molecule has 4 rings (SSSR count). The van der Waals surface area contributed by atoms with Gasteiger partial charge in [0, 0.05) is 32.5 Å². The number of nitrogens with zero attached hydrogens (tertiary/aromatic N) is 4. The Labute approximate surface area is 218 Å². The van der Waals surface area contributed by atoms with E-state index in [9.17, 15) is 32.3 Å². The van der Waals surface area contributed by atoms with Crippen LogP contribution in [0.3, 0.4) is 0 Å². The van der Waals surface area contributed by atoms with Gasteiger partial charge in [-0.15, -0.1) is 0 Å². The van der Waals surface area contributed by atoms with Crippen molar-refractivity contribution < 1.29 is 22.8 Å². The van der Waals surface area contributed by atoms with Gasteiger partial charge in [-0.1, -0.05) is 18.6 Å². The van der Waals surface area contributed by atoms with Gasteiger partial charge in [-0.3, -0.25) is 28.4 Å². The summed E-state index contributed by atoms with van der Waals surface area (Å²) in [6.45, 7) is 3.96. The highest BCUT2D eigenvalue weighted by atomic mass is 19.3. The Hall–Kier alpha value is -3.41. The number of ketones is 1. The van der Waals surface area contributed by atoms with Crippen LogP contribution >= 0.6 is 0 Å². The number of likely N-dealkylation sites (tertiary alicyclic amines) is 2. The molecule has 12 heteroatoms. The molecule has 2 saturated heterocycles. The van der Waals surface area contributed by atoms with Gasteiger partial charge in [-0.05, 0) is 50.6 Å². The van der Waals surface area contributed by atoms with Crippen molar-refractivity contribution in [3.8, 4) is 0 Å². The van der Waals surface area contributed by atoms with Crippen LogP contribution in [0.5, 0.6) is 0 Å². The number of nitrogen functional groups attached to an aromatic ring is 1. The lowest BCUT2D eigenvalue weighted by Gasteiger charge is -2.28. The van der Waals surface area contributed by atoms with Crippen molar-refractivity contribution in [1.82, 2.24) is 18.9 Å². The summed E-state index contributed by atoms with van der Waals surface area (Å²) in [4.78, 5) is 51.8. The van der Waals surface area contributed by atoms with Gasteiger partial charge in [0.25, 0.3) is 11.5 Å². The van der Waals surface area contributed by atoms with E-state index in [1.54, 1.807) is 6.92 Å². The summed E-state index contributed by atoms with van der Waals surface area (Å²) in [5.74, 6) is -3.44. The Morgan fingerprint density at radius 1 is 1.00 bits per heavy atom. The number of nitrogens with two attached hydrogens (primary N) is 1. The van der Waals surface area contributed by atoms with Crippen LogP contribution < -0.4 is 17.0 Å². The number of halogens is 3. The van der Waals surface area contributed by atoms with E-state index in [0.29, 0.717) is 12.0 Å². The number of Topliss-reactive ketones (excluding diaryl/α,β-unsaturated/α-hetero) is 1. The molecule has 0 radical (unpaired) electrons. The van der Waals surface area contributed by atoms with Gasteiger partial charge < -0.3 is 10.6 Å². The fraction of sp³-hybridized carbons (Fsp3) is 0.538. The van der Waals surface area contributed by atoms with Gasteiger partial charge in [-0.25, -0.2) is 18.0 Å². The molecule has 0 spiro atoms. The van der Waals surface area contributed by atoms with Crippen molar-refractivity contribution in [2.75, 3.05) is 38.5 Å². The van der Waals surface area contributed by atoms with Gasteiger partial charge in [0.05, 0.1) is 13.1 Å². The SMILES string of the molecule is CCn1c(=O)c(C(=O)CN2CCCCC2)c(N)n(Cc2ccc(F)cc2)c1=O.O=CN1CCC(F)(F)CC1. The Bertz CT molecular complexity index is 1230. The zero-order valence-corrected chi connectivity index (χ0v) is 21.5. The molecule has 2 fully saturated rings. The van der Waals surface area contributed by atoms with Gasteiger partial charge >= 0.3 is 5.69 Å². The normalized spacial score (nSPS) is 17.4. The molecule has 2 aliphatic heterocycles. The van der Waals surface area contributed by atoms with Gasteiger partial charge in [0.1, 0.15) is 17.2 Å². The van der Waals surface area contributed by atoms with E-state index in [0.717, 1.165) is 36.9 Å². The number of alkyl halides is 2. The first-order chi connectivity index (χ1) is 18.1. The van der Waals surface area contributed by atoms with Crippen molar-refractivity contribution >= 4 is 18.0 Å². The average Bonchev–Trinajstić information content (AvgIpc) is 2.89. The molecule has 1 aromatic carbocycles. The predicted molar refractivity (Wildman–Crippen MR) is 137 cm³/mol. The molecule has 38 heavy (non-hydrogen) atoms. The van der Waals surface area contributed by atoms with Crippen LogP contribution in [-0.2, 0) is 17.9 Å². The number of hydrogen-bond acceptors (Lipinski definition) is 6. The Morgan fingerprint density at radius 2 is 1.61 bits per heavy atom. The molecule has 0 unspecified atom stereocenters. The summed E-state index contributed by atoms with van der Waals surface area (Å²) >= 11 is 0. The van der Waals surface area contributed by atoms with Crippen LogP contribution in [0.4, 0.5) is 19.0 Å². The summed E-state index contributed by atoms with van der Waals surface area (Å²) in [6, 6.07) is 5.65. The van der Waals surface area contributed by atoms with Crippen LogP contribution in [0.2, 0.25) is 0 Å². The molecular weight excluding hydrogens is 503 g/mol. The number of aromatic nitrogens is 2. The van der Waals surface area contributed by atoms with E-state index in [2.05, 4.69) is 0 Å². The van der Waals surface area contributed by atoms with E-state index in [-0.39, 0.29) is 68.5 Å². The fourth-order valence-electron chi connectivity index (χ4n) is 4.54. The molecule has 1 aromatic heterocycles. The minimum absolute atomic E-state index is 0.0508. The highest BCUT2D eigenvalue weighted by Gasteiger charge is 2.33. The monoisotopic (exact) mass is 537 g/mol. The number of benzene rings is 1. The molecule has 1 amide bonds. The van der Waals surface area contributed by atoms with Gasteiger partial charge in [0.15, 0.2) is 5.78 Å². The minimum atomic E-state index is -2.54. The van der Waals surface area contributed by atoms with Crippen LogP contribution in [0.25, 0.3) is 0 Å². The number of rotatable bonds is 7. The predicted octanol–water partition coefficient (Wildman–Crippen LogP) is 2.34. The van der Waals surface area contributed by atoms with Crippen molar-refractivity contribution in [2.45, 2.75) is 58.0 Å². The topological polar surface area (TPSA) is 111 Å². The molecule has 0 bridgehead atoms. The summed E-state index contributed by atoms with van der Waals surface area (Å²) in [5, 5.41) is 0. The number of amides is 1. The maximum atomic E-state index is 13.2. The van der Waals surface area contributed by atoms with Crippen molar-refractivity contribution in [3.05, 3.63) is 62.0 Å². The highest BCUT2D eigenvalue weighted by molar-refractivity contribution is 6.01. The first kappa shape index (κ1) is 29.2. The summed E-state index contributed by atoms with van der Waals surface area (Å²) in [5.41, 5.74) is 5.40. The third-order valence-electron chi connectivity index (χ3n) is 6.81. The smallest absolute Gasteiger partial charge is 0.332 e. The summed E-state index contributed by atoms with van der Waals surface area (Å²) in [7, 11) is 0. The second kappa shape index (κ2) is 12.9. The summed E-state index contributed by atoms with van der Waals surface area (Å²) < 4.78 is 40.1. The maximum absolute atomic E-state index is 13.2. The molecule has 0 saturated carbocycles. The molecule has 9 nitrogen and oxygen atoms in total.